The van der Waals surface area contributed by atoms with Crippen LogP contribution >= 0.6 is 0 Å². The van der Waals surface area contributed by atoms with Gasteiger partial charge in [-0.1, -0.05) is 30.3 Å². The summed E-state index contributed by atoms with van der Waals surface area (Å²) < 4.78 is 9.54. The lowest BCUT2D eigenvalue weighted by molar-refractivity contribution is -0.140. The molecule has 1 aromatic rings. The lowest BCUT2D eigenvalue weighted by atomic mass is 10.1. The lowest BCUT2D eigenvalue weighted by Gasteiger charge is -2.17. The Hall–Kier alpha value is -3.08. The fourth-order valence-corrected chi connectivity index (χ4v) is 1.79. The number of ether oxygens (including phenoxy) is 2. The van der Waals surface area contributed by atoms with Crippen LogP contribution < -0.4 is 10.6 Å². The van der Waals surface area contributed by atoms with Crippen molar-refractivity contribution in [1.29, 1.82) is 5.26 Å². The van der Waals surface area contributed by atoms with Crippen molar-refractivity contribution in [2.24, 2.45) is 0 Å². The van der Waals surface area contributed by atoms with Crippen molar-refractivity contribution in [2.45, 2.75) is 25.5 Å². The highest BCUT2D eigenvalue weighted by atomic mass is 16.5. The van der Waals surface area contributed by atoms with Crippen LogP contribution in [-0.4, -0.2) is 37.7 Å². The molecule has 0 aromatic heterocycles. The van der Waals surface area contributed by atoms with Gasteiger partial charge in [-0.15, -0.1) is 0 Å². The molecule has 24 heavy (non-hydrogen) atoms. The Balaban J connectivity index is 2.55. The molecule has 0 aliphatic heterocycles. The summed E-state index contributed by atoms with van der Waals surface area (Å²) >= 11 is 0. The number of benzene rings is 1. The first-order valence-electron chi connectivity index (χ1n) is 7.25. The van der Waals surface area contributed by atoms with Gasteiger partial charge in [0, 0.05) is 6.42 Å². The number of amides is 2. The third-order valence-electron chi connectivity index (χ3n) is 3.03. The number of carbonyl (C=O) groups is 3. The Morgan fingerprint density at radius 1 is 1.25 bits per heavy atom. The Kier molecular flexibility index (Phi) is 8.39. The first kappa shape index (κ1) is 19.0. The van der Waals surface area contributed by atoms with Crippen molar-refractivity contribution in [3.8, 4) is 6.07 Å². The molecular weight excluding hydrogens is 314 g/mol. The number of hydrogen-bond donors (Lipinski definition) is 2. The van der Waals surface area contributed by atoms with Gasteiger partial charge in [0.2, 0.25) is 5.91 Å². The number of hydrogen-bond acceptors (Lipinski definition) is 6. The number of nitrogens with one attached hydrogen (secondary N) is 2. The highest BCUT2D eigenvalue weighted by Crippen LogP contribution is 2.03. The summed E-state index contributed by atoms with van der Waals surface area (Å²) in [6.45, 7) is -0.148. The van der Waals surface area contributed by atoms with Gasteiger partial charge >= 0.3 is 12.1 Å². The summed E-state index contributed by atoms with van der Waals surface area (Å²) in [6.07, 6.45) is -0.814. The van der Waals surface area contributed by atoms with Crippen molar-refractivity contribution in [3.05, 3.63) is 35.9 Å². The van der Waals surface area contributed by atoms with E-state index in [1.165, 1.54) is 7.11 Å². The van der Waals surface area contributed by atoms with Gasteiger partial charge in [-0.05, 0) is 12.0 Å². The van der Waals surface area contributed by atoms with E-state index >= 15 is 0 Å². The Morgan fingerprint density at radius 3 is 2.58 bits per heavy atom. The zero-order valence-electron chi connectivity index (χ0n) is 13.3. The van der Waals surface area contributed by atoms with Crippen molar-refractivity contribution in [3.63, 3.8) is 0 Å². The van der Waals surface area contributed by atoms with Crippen LogP contribution in [0.2, 0.25) is 0 Å². The SMILES string of the molecule is COC(=O)CC[C@H](NC(=O)OCc1ccccc1)C(=O)NCC#N. The maximum absolute atomic E-state index is 11.9. The van der Waals surface area contributed by atoms with Crippen LogP contribution in [-0.2, 0) is 25.7 Å². The number of methoxy groups -OCH3 is 1. The van der Waals surface area contributed by atoms with E-state index in [0.717, 1.165) is 5.56 Å². The van der Waals surface area contributed by atoms with Crippen LogP contribution in [0.25, 0.3) is 0 Å². The van der Waals surface area contributed by atoms with Crippen LogP contribution in [0, 0.1) is 11.3 Å². The number of rotatable bonds is 8. The van der Waals surface area contributed by atoms with Crippen molar-refractivity contribution < 1.29 is 23.9 Å². The molecule has 0 bridgehead atoms. The summed E-state index contributed by atoms with van der Waals surface area (Å²) in [5.41, 5.74) is 0.799. The van der Waals surface area contributed by atoms with Gasteiger partial charge in [-0.2, -0.15) is 5.26 Å². The van der Waals surface area contributed by atoms with Gasteiger partial charge in [-0.25, -0.2) is 4.79 Å². The average Bonchev–Trinajstić information content (AvgIpc) is 2.61. The van der Waals surface area contributed by atoms with Crippen LogP contribution in [0.15, 0.2) is 30.3 Å². The van der Waals surface area contributed by atoms with Gasteiger partial charge in [0.15, 0.2) is 0 Å². The van der Waals surface area contributed by atoms with E-state index in [1.807, 2.05) is 18.2 Å². The topological polar surface area (TPSA) is 118 Å². The van der Waals surface area contributed by atoms with E-state index in [9.17, 15) is 14.4 Å². The van der Waals surface area contributed by atoms with E-state index in [0.29, 0.717) is 0 Å². The van der Waals surface area contributed by atoms with E-state index in [-0.39, 0.29) is 26.0 Å². The first-order valence-corrected chi connectivity index (χ1v) is 7.25. The zero-order chi connectivity index (χ0) is 17.8. The van der Waals surface area contributed by atoms with Gasteiger partial charge < -0.3 is 20.1 Å². The smallest absolute Gasteiger partial charge is 0.408 e. The molecule has 0 saturated heterocycles. The molecule has 0 saturated carbocycles. The molecule has 0 heterocycles. The minimum Gasteiger partial charge on any atom is -0.469 e. The molecule has 0 aliphatic rings. The molecule has 0 spiro atoms. The van der Waals surface area contributed by atoms with Gasteiger partial charge in [0.05, 0.1) is 13.2 Å². The second kappa shape index (κ2) is 10.6. The Morgan fingerprint density at radius 2 is 1.96 bits per heavy atom. The molecule has 128 valence electrons. The molecule has 2 N–H and O–H groups in total. The van der Waals surface area contributed by atoms with Crippen LogP contribution in [0.3, 0.4) is 0 Å². The molecule has 1 atom stereocenters. The molecule has 8 heteroatoms. The maximum Gasteiger partial charge on any atom is 0.408 e. The molecule has 0 radical (unpaired) electrons. The number of alkyl carbamates (subject to hydrolysis) is 1. The number of nitriles is 1. The van der Waals surface area contributed by atoms with Crippen LogP contribution in [0.5, 0.6) is 0 Å². The Labute approximate surface area is 139 Å². The number of carbonyl (C=O) groups excluding carboxylic acids is 3. The average molecular weight is 333 g/mol. The first-order chi connectivity index (χ1) is 11.6. The molecule has 1 aromatic carbocycles. The van der Waals surface area contributed by atoms with Crippen molar-refractivity contribution in [2.75, 3.05) is 13.7 Å². The second-order valence-electron chi connectivity index (χ2n) is 4.75. The molecular formula is C16H19N3O5. The maximum atomic E-state index is 11.9. The molecule has 1 rings (SSSR count). The number of nitrogens with zero attached hydrogens (tertiary/aromatic N) is 1. The summed E-state index contributed by atoms with van der Waals surface area (Å²) in [5.74, 6) is -1.08. The summed E-state index contributed by atoms with van der Waals surface area (Å²) in [7, 11) is 1.23. The largest absolute Gasteiger partial charge is 0.469 e. The fourth-order valence-electron chi connectivity index (χ4n) is 1.79. The number of esters is 1. The standard InChI is InChI=1S/C16H19N3O5/c1-23-14(20)8-7-13(15(21)18-10-9-17)19-16(22)24-11-12-5-3-2-4-6-12/h2-6,13H,7-8,10-11H2,1H3,(H,18,21)(H,19,22)/t13-/m0/s1. The van der Waals surface area contributed by atoms with Crippen LogP contribution in [0.4, 0.5) is 4.79 Å². The minimum absolute atomic E-state index is 0.0321. The predicted molar refractivity (Wildman–Crippen MR) is 83.4 cm³/mol. The molecule has 8 nitrogen and oxygen atoms in total. The fraction of sp³-hybridized carbons (Fsp3) is 0.375. The molecule has 0 aliphatic carbocycles. The monoisotopic (exact) mass is 333 g/mol. The van der Waals surface area contributed by atoms with Gasteiger partial charge in [0.25, 0.3) is 0 Å². The quantitative estimate of drug-likeness (QED) is 0.538. The highest BCUT2D eigenvalue weighted by molar-refractivity contribution is 5.86. The van der Waals surface area contributed by atoms with E-state index in [2.05, 4.69) is 15.4 Å². The van der Waals surface area contributed by atoms with Crippen LogP contribution in [0.1, 0.15) is 18.4 Å². The lowest BCUT2D eigenvalue weighted by Crippen LogP contribution is -2.47. The second-order valence-corrected chi connectivity index (χ2v) is 4.75. The zero-order valence-corrected chi connectivity index (χ0v) is 13.3. The van der Waals surface area contributed by atoms with Crippen molar-refractivity contribution in [1.82, 2.24) is 10.6 Å². The molecule has 2 amide bonds. The predicted octanol–water partition coefficient (Wildman–Crippen LogP) is 0.874. The van der Waals surface area contributed by atoms with Crippen molar-refractivity contribution >= 4 is 18.0 Å². The summed E-state index contributed by atoms with van der Waals surface area (Å²) in [6, 6.07) is 9.81. The van der Waals surface area contributed by atoms with Gasteiger partial charge in [-0.3, -0.25) is 9.59 Å². The van der Waals surface area contributed by atoms with Gasteiger partial charge in [0.1, 0.15) is 19.2 Å². The van der Waals surface area contributed by atoms with E-state index in [1.54, 1.807) is 18.2 Å². The normalized spacial score (nSPS) is 10.8. The highest BCUT2D eigenvalue weighted by Gasteiger charge is 2.22. The molecule has 0 fully saturated rings. The minimum atomic E-state index is -0.999. The molecule has 0 unspecified atom stereocenters. The third kappa shape index (κ3) is 7.26. The summed E-state index contributed by atoms with van der Waals surface area (Å²) in [4.78, 5) is 35.0. The van der Waals surface area contributed by atoms with E-state index in [4.69, 9.17) is 10.00 Å². The third-order valence-corrected chi connectivity index (χ3v) is 3.03. The van der Waals surface area contributed by atoms with E-state index < -0.39 is 24.0 Å². The summed E-state index contributed by atoms with van der Waals surface area (Å²) in [5, 5.41) is 13.2. The Bertz CT molecular complexity index is 597.